The highest BCUT2D eigenvalue weighted by Gasteiger charge is 1.99. The van der Waals surface area contributed by atoms with Crippen LogP contribution in [0, 0.1) is 0 Å². The Bertz CT molecular complexity index is 382. The molecule has 0 saturated carbocycles. The van der Waals surface area contributed by atoms with E-state index in [1.165, 1.54) is 11.0 Å². The fraction of sp³-hybridized carbons (Fsp3) is 0. The van der Waals surface area contributed by atoms with Gasteiger partial charge in [0, 0.05) is 12.3 Å². The summed E-state index contributed by atoms with van der Waals surface area (Å²) in [6, 6.07) is 1.70. The molecule has 0 radical (unpaired) electrons. The van der Waals surface area contributed by atoms with E-state index in [0.717, 1.165) is 0 Å². The molecule has 13 heavy (non-hydrogen) atoms. The largest absolute Gasteiger partial charge is 0.292 e. The number of nitrogens with zero attached hydrogens (tertiary/aromatic N) is 5. The summed E-state index contributed by atoms with van der Waals surface area (Å²) in [6.45, 7) is 0. The molecule has 0 amide bonds. The first-order valence-corrected chi connectivity index (χ1v) is 3.55. The molecule has 0 bridgehead atoms. The van der Waals surface area contributed by atoms with E-state index in [1.54, 1.807) is 18.6 Å². The van der Waals surface area contributed by atoms with E-state index in [1.807, 2.05) is 0 Å². The van der Waals surface area contributed by atoms with Gasteiger partial charge in [0.1, 0.15) is 12.7 Å². The van der Waals surface area contributed by atoms with Gasteiger partial charge in [-0.25, -0.2) is 20.5 Å². The van der Waals surface area contributed by atoms with Crippen LogP contribution in [-0.4, -0.2) is 24.7 Å². The lowest BCUT2D eigenvalue weighted by atomic mass is 10.6. The van der Waals surface area contributed by atoms with Gasteiger partial charge in [-0.2, -0.15) is 10.1 Å². The molecule has 0 fully saturated rings. The maximum Gasteiger partial charge on any atom is 0.239 e. The van der Waals surface area contributed by atoms with E-state index in [-0.39, 0.29) is 0 Å². The maximum atomic E-state index is 5.15. The van der Waals surface area contributed by atoms with Crippen LogP contribution in [0.1, 0.15) is 0 Å². The predicted molar refractivity (Wildman–Crippen MR) is 44.8 cm³/mol. The molecular weight excluding hydrogens is 170 g/mol. The number of hydrogen-bond acceptors (Lipinski definition) is 6. The Kier molecular flexibility index (Phi) is 1.85. The first kappa shape index (κ1) is 7.62. The van der Waals surface area contributed by atoms with Gasteiger partial charge >= 0.3 is 0 Å². The lowest BCUT2D eigenvalue weighted by Gasteiger charge is -2.00. The van der Waals surface area contributed by atoms with Crippen LogP contribution < -0.4 is 11.3 Å². The van der Waals surface area contributed by atoms with Crippen LogP contribution in [0.2, 0.25) is 0 Å². The summed E-state index contributed by atoms with van der Waals surface area (Å²) in [5, 5.41) is 3.91. The molecule has 2 rings (SSSR count). The molecule has 2 aromatic rings. The number of hydrogen-bond donors (Lipinski definition) is 2. The van der Waals surface area contributed by atoms with Crippen LogP contribution in [-0.2, 0) is 0 Å². The molecule has 2 heterocycles. The third-order valence-electron chi connectivity index (χ3n) is 1.42. The molecular formula is C6H7N7. The van der Waals surface area contributed by atoms with E-state index >= 15 is 0 Å². The number of anilines is 1. The van der Waals surface area contributed by atoms with Gasteiger partial charge in [-0.15, -0.1) is 0 Å². The highest BCUT2D eigenvalue weighted by atomic mass is 15.4. The van der Waals surface area contributed by atoms with Crippen LogP contribution in [0.25, 0.3) is 5.82 Å². The molecule has 2 aromatic heterocycles. The summed E-state index contributed by atoms with van der Waals surface area (Å²) in [7, 11) is 0. The molecule has 0 aliphatic heterocycles. The lowest BCUT2D eigenvalue weighted by molar-refractivity contribution is 0.838. The van der Waals surface area contributed by atoms with Crippen molar-refractivity contribution in [1.29, 1.82) is 0 Å². The molecule has 0 spiro atoms. The van der Waals surface area contributed by atoms with E-state index in [4.69, 9.17) is 5.84 Å². The summed E-state index contributed by atoms with van der Waals surface area (Å²) >= 11 is 0. The van der Waals surface area contributed by atoms with Gasteiger partial charge in [-0.1, -0.05) is 0 Å². The molecule has 66 valence electrons. The fourth-order valence-corrected chi connectivity index (χ4v) is 0.873. The minimum Gasteiger partial charge on any atom is -0.292 e. The molecule has 7 nitrogen and oxygen atoms in total. The Labute approximate surface area is 73.6 Å². The lowest BCUT2D eigenvalue weighted by Crippen LogP contribution is -2.11. The molecule has 0 aliphatic carbocycles. The second-order valence-electron chi connectivity index (χ2n) is 2.22. The summed E-state index contributed by atoms with van der Waals surface area (Å²) in [6.07, 6.45) is 4.56. The Morgan fingerprint density at radius 3 is 3.08 bits per heavy atom. The predicted octanol–water partition coefficient (Wildman–Crippen LogP) is -0.657. The van der Waals surface area contributed by atoms with Gasteiger partial charge in [0.25, 0.3) is 0 Å². The van der Waals surface area contributed by atoms with E-state index in [9.17, 15) is 0 Å². The van der Waals surface area contributed by atoms with Gasteiger partial charge in [0.2, 0.25) is 5.95 Å². The van der Waals surface area contributed by atoms with Crippen molar-refractivity contribution >= 4 is 5.95 Å². The molecule has 7 heteroatoms. The Hall–Kier alpha value is -2.02. The molecule has 0 aromatic carbocycles. The Morgan fingerprint density at radius 1 is 1.46 bits per heavy atom. The van der Waals surface area contributed by atoms with Gasteiger partial charge in [0.05, 0.1) is 0 Å². The van der Waals surface area contributed by atoms with E-state index in [0.29, 0.717) is 11.8 Å². The second-order valence-corrected chi connectivity index (χ2v) is 2.22. The van der Waals surface area contributed by atoms with Crippen molar-refractivity contribution in [2.24, 2.45) is 5.84 Å². The van der Waals surface area contributed by atoms with Crippen molar-refractivity contribution in [3.63, 3.8) is 0 Å². The van der Waals surface area contributed by atoms with E-state index in [2.05, 4.69) is 25.5 Å². The van der Waals surface area contributed by atoms with Crippen LogP contribution in [0.15, 0.2) is 24.9 Å². The van der Waals surface area contributed by atoms with Crippen molar-refractivity contribution in [3.05, 3.63) is 24.9 Å². The van der Waals surface area contributed by atoms with Crippen molar-refractivity contribution in [1.82, 2.24) is 24.7 Å². The minimum absolute atomic E-state index is 0.341. The van der Waals surface area contributed by atoms with Gasteiger partial charge in [-0.05, 0) is 0 Å². The highest BCUT2D eigenvalue weighted by molar-refractivity contribution is 5.29. The first-order valence-electron chi connectivity index (χ1n) is 3.55. The van der Waals surface area contributed by atoms with Crippen molar-refractivity contribution in [2.45, 2.75) is 0 Å². The summed E-state index contributed by atoms with van der Waals surface area (Å²) in [4.78, 5) is 11.7. The summed E-state index contributed by atoms with van der Waals surface area (Å²) in [5.74, 6) is 6.10. The number of nitrogens with two attached hydrogens (primary N) is 1. The fourth-order valence-electron chi connectivity index (χ4n) is 0.873. The highest BCUT2D eigenvalue weighted by Crippen LogP contribution is 2.02. The number of hydrazine groups is 1. The molecule has 0 aliphatic rings. The van der Waals surface area contributed by atoms with Crippen molar-refractivity contribution < 1.29 is 0 Å². The summed E-state index contributed by atoms with van der Waals surface area (Å²) in [5.41, 5.74) is 2.35. The van der Waals surface area contributed by atoms with Gasteiger partial charge in [0.15, 0.2) is 5.82 Å². The van der Waals surface area contributed by atoms with Gasteiger partial charge in [-0.3, -0.25) is 5.43 Å². The number of nitrogens with one attached hydrogen (secondary N) is 1. The van der Waals surface area contributed by atoms with Crippen LogP contribution in [0.5, 0.6) is 0 Å². The minimum atomic E-state index is 0.341. The van der Waals surface area contributed by atoms with Gasteiger partial charge < -0.3 is 0 Å². The number of aromatic nitrogens is 5. The average Bonchev–Trinajstić information content (AvgIpc) is 2.71. The zero-order valence-electron chi connectivity index (χ0n) is 6.62. The van der Waals surface area contributed by atoms with Crippen LogP contribution in [0.3, 0.4) is 0 Å². The molecule has 0 atom stereocenters. The van der Waals surface area contributed by atoms with Crippen molar-refractivity contribution in [3.8, 4) is 5.82 Å². The first-order chi connectivity index (χ1) is 6.40. The molecule has 0 unspecified atom stereocenters. The standard InChI is InChI=1S/C6H7N7/c7-12-6-9-2-1-5(11-6)13-4-8-3-10-13/h1-4H,7H2,(H,9,11,12). The third kappa shape index (κ3) is 1.44. The van der Waals surface area contributed by atoms with E-state index < -0.39 is 0 Å². The second kappa shape index (κ2) is 3.15. The molecule has 3 N–H and O–H groups in total. The normalized spacial score (nSPS) is 9.92. The quantitative estimate of drug-likeness (QED) is 0.467. The Morgan fingerprint density at radius 2 is 2.38 bits per heavy atom. The number of nitrogen functional groups attached to an aromatic ring is 1. The zero-order valence-corrected chi connectivity index (χ0v) is 6.62. The smallest absolute Gasteiger partial charge is 0.239 e. The average molecular weight is 177 g/mol. The van der Waals surface area contributed by atoms with Crippen molar-refractivity contribution in [2.75, 3.05) is 5.43 Å². The van der Waals surface area contributed by atoms with Crippen LogP contribution in [0.4, 0.5) is 5.95 Å². The topological polar surface area (TPSA) is 94.5 Å². The van der Waals surface area contributed by atoms with Crippen LogP contribution >= 0.6 is 0 Å². The monoisotopic (exact) mass is 177 g/mol. The number of rotatable bonds is 2. The maximum absolute atomic E-state index is 5.15. The third-order valence-corrected chi connectivity index (χ3v) is 1.42. The summed E-state index contributed by atoms with van der Waals surface area (Å²) < 4.78 is 1.52. The molecule has 0 saturated heterocycles. The SMILES string of the molecule is NNc1nccc(-n2cncn2)n1. The Balaban J connectivity index is 2.41. The zero-order chi connectivity index (χ0) is 9.10.